The zero-order valence-electron chi connectivity index (χ0n) is 11.7. The molecule has 0 bridgehead atoms. The molecule has 0 fully saturated rings. The van der Waals surface area contributed by atoms with Crippen molar-refractivity contribution in [2.45, 2.75) is 25.8 Å². The fraction of sp³-hybridized carbons (Fsp3) is 0.357. The second-order valence-electron chi connectivity index (χ2n) is 4.38. The van der Waals surface area contributed by atoms with Crippen LogP contribution in [0.5, 0.6) is 5.75 Å². The summed E-state index contributed by atoms with van der Waals surface area (Å²) in [6.07, 6.45) is -0.431. The Balaban J connectivity index is 2.59. The van der Waals surface area contributed by atoms with Crippen molar-refractivity contribution < 1.29 is 24.2 Å². The fourth-order valence-electron chi connectivity index (χ4n) is 1.70. The van der Waals surface area contributed by atoms with E-state index in [-0.39, 0.29) is 6.42 Å². The van der Waals surface area contributed by atoms with Crippen LogP contribution in [0, 0.1) is 0 Å². The number of nitrogens with one attached hydrogen (secondary N) is 1. The highest BCUT2D eigenvalue weighted by Gasteiger charge is 2.21. The van der Waals surface area contributed by atoms with Crippen LogP contribution in [-0.4, -0.2) is 35.5 Å². The number of hydrogen-bond donors (Lipinski definition) is 3. The summed E-state index contributed by atoms with van der Waals surface area (Å²) in [6.45, 7) is 2.42. The van der Waals surface area contributed by atoms with Gasteiger partial charge in [0.05, 0.1) is 19.4 Å². The lowest BCUT2D eigenvalue weighted by Gasteiger charge is -2.13. The van der Waals surface area contributed by atoms with Crippen LogP contribution in [0.25, 0.3) is 0 Å². The second-order valence-corrected chi connectivity index (χ2v) is 4.38. The van der Waals surface area contributed by atoms with Crippen LogP contribution < -0.4 is 15.8 Å². The molecule has 1 aromatic rings. The number of nitrogens with two attached hydrogens (primary N) is 1. The Hall–Kier alpha value is -2.57. The summed E-state index contributed by atoms with van der Waals surface area (Å²) >= 11 is 0. The van der Waals surface area contributed by atoms with E-state index in [4.69, 9.17) is 15.6 Å². The van der Waals surface area contributed by atoms with E-state index in [0.717, 1.165) is 0 Å². The summed E-state index contributed by atoms with van der Waals surface area (Å²) in [5.41, 5.74) is 5.64. The quantitative estimate of drug-likeness (QED) is 0.627. The van der Waals surface area contributed by atoms with Gasteiger partial charge in [-0.15, -0.1) is 0 Å². The van der Waals surface area contributed by atoms with Crippen LogP contribution in [0.4, 0.5) is 0 Å². The molecule has 0 saturated carbocycles. The molecule has 7 nitrogen and oxygen atoms in total. The number of rotatable bonds is 8. The lowest BCUT2D eigenvalue weighted by atomic mass is 10.1. The normalized spacial score (nSPS) is 11.5. The molecule has 1 rings (SSSR count). The highest BCUT2D eigenvalue weighted by atomic mass is 16.5. The van der Waals surface area contributed by atoms with E-state index in [1.165, 1.54) is 0 Å². The highest BCUT2D eigenvalue weighted by molar-refractivity contribution is 5.88. The number of carboxylic acids is 1. The predicted molar refractivity (Wildman–Crippen MR) is 74.7 cm³/mol. The molecular weight excluding hydrogens is 276 g/mol. The van der Waals surface area contributed by atoms with Crippen LogP contribution in [0.15, 0.2) is 24.3 Å². The minimum absolute atomic E-state index is 0.00888. The average molecular weight is 294 g/mol. The lowest BCUT2D eigenvalue weighted by Crippen LogP contribution is -2.43. The number of aliphatic carboxylic acids is 1. The standard InChI is InChI=1S/C14H18N2O5/c1-2-21-10-5-3-9(4-6-10)7-13(18)16-11(14(19)20)8-12(15)17/h3-6,11H,2,7-8H2,1H3,(H2,15,17)(H,16,18)(H,19,20)/t11-/m0/s1. The minimum Gasteiger partial charge on any atom is -0.494 e. The Bertz CT molecular complexity index is 513. The van der Waals surface area contributed by atoms with Gasteiger partial charge in [-0.1, -0.05) is 12.1 Å². The van der Waals surface area contributed by atoms with E-state index in [1.807, 2.05) is 6.92 Å². The first-order valence-corrected chi connectivity index (χ1v) is 6.44. The van der Waals surface area contributed by atoms with Crippen molar-refractivity contribution in [3.63, 3.8) is 0 Å². The maximum absolute atomic E-state index is 11.8. The smallest absolute Gasteiger partial charge is 0.326 e. The van der Waals surface area contributed by atoms with Crippen LogP contribution in [0.2, 0.25) is 0 Å². The zero-order valence-corrected chi connectivity index (χ0v) is 11.7. The maximum Gasteiger partial charge on any atom is 0.326 e. The van der Waals surface area contributed by atoms with Crippen molar-refractivity contribution in [1.82, 2.24) is 5.32 Å². The van der Waals surface area contributed by atoms with Crippen LogP contribution >= 0.6 is 0 Å². The van der Waals surface area contributed by atoms with Gasteiger partial charge in [0.15, 0.2) is 0 Å². The number of ether oxygens (including phenoxy) is 1. The van der Waals surface area contributed by atoms with Crippen molar-refractivity contribution in [3.05, 3.63) is 29.8 Å². The second kappa shape index (κ2) is 7.88. The molecule has 1 aromatic carbocycles. The number of amides is 2. The Kier molecular flexibility index (Phi) is 6.19. The molecule has 0 aliphatic heterocycles. The molecule has 0 heterocycles. The summed E-state index contributed by atoms with van der Waals surface area (Å²) in [7, 11) is 0. The predicted octanol–water partition coefficient (Wildman–Crippen LogP) is 0.0726. The molecule has 0 aliphatic rings. The number of carbonyl (C=O) groups is 3. The third-order valence-electron chi connectivity index (χ3n) is 2.64. The molecule has 0 aromatic heterocycles. The summed E-state index contributed by atoms with van der Waals surface area (Å²) < 4.78 is 5.28. The lowest BCUT2D eigenvalue weighted by molar-refractivity contribution is -0.143. The fourth-order valence-corrected chi connectivity index (χ4v) is 1.70. The van der Waals surface area contributed by atoms with Gasteiger partial charge in [-0.2, -0.15) is 0 Å². The molecule has 21 heavy (non-hydrogen) atoms. The van der Waals surface area contributed by atoms with E-state index in [9.17, 15) is 14.4 Å². The third kappa shape index (κ3) is 5.94. The first kappa shape index (κ1) is 16.5. The van der Waals surface area contributed by atoms with Crippen molar-refractivity contribution >= 4 is 17.8 Å². The summed E-state index contributed by atoms with van der Waals surface area (Å²) in [6, 6.07) is 5.58. The van der Waals surface area contributed by atoms with E-state index in [1.54, 1.807) is 24.3 Å². The number of primary amides is 1. The van der Waals surface area contributed by atoms with Crippen molar-refractivity contribution in [1.29, 1.82) is 0 Å². The molecule has 114 valence electrons. The topological polar surface area (TPSA) is 119 Å². The van der Waals surface area contributed by atoms with Gasteiger partial charge in [0.25, 0.3) is 0 Å². The van der Waals surface area contributed by atoms with Crippen molar-refractivity contribution in [3.8, 4) is 5.75 Å². The third-order valence-corrected chi connectivity index (χ3v) is 2.64. The van der Waals surface area contributed by atoms with Gasteiger partial charge in [0.2, 0.25) is 11.8 Å². The Labute approximate surface area is 122 Å². The van der Waals surface area contributed by atoms with E-state index >= 15 is 0 Å². The molecule has 0 spiro atoms. The molecule has 1 atom stereocenters. The first-order valence-electron chi connectivity index (χ1n) is 6.44. The van der Waals surface area contributed by atoms with Gasteiger partial charge in [-0.05, 0) is 24.6 Å². The molecular formula is C14H18N2O5. The molecule has 0 unspecified atom stereocenters. The highest BCUT2D eigenvalue weighted by Crippen LogP contribution is 2.12. The van der Waals surface area contributed by atoms with Gasteiger partial charge >= 0.3 is 5.97 Å². The number of benzene rings is 1. The van der Waals surface area contributed by atoms with Crippen LogP contribution in [0.1, 0.15) is 18.9 Å². The van der Waals surface area contributed by atoms with E-state index < -0.39 is 30.2 Å². The SMILES string of the molecule is CCOc1ccc(CC(=O)N[C@@H](CC(N)=O)C(=O)O)cc1. The molecule has 0 radical (unpaired) electrons. The monoisotopic (exact) mass is 294 g/mol. The summed E-state index contributed by atoms with van der Waals surface area (Å²) in [4.78, 5) is 33.4. The van der Waals surface area contributed by atoms with Crippen LogP contribution in [-0.2, 0) is 20.8 Å². The molecule has 4 N–H and O–H groups in total. The molecule has 0 saturated heterocycles. The van der Waals surface area contributed by atoms with Gasteiger partial charge in [0.1, 0.15) is 11.8 Å². The number of hydrogen-bond acceptors (Lipinski definition) is 4. The Morgan fingerprint density at radius 1 is 1.29 bits per heavy atom. The molecule has 0 aliphatic carbocycles. The van der Waals surface area contributed by atoms with Gasteiger partial charge < -0.3 is 20.9 Å². The van der Waals surface area contributed by atoms with Gasteiger partial charge in [-0.3, -0.25) is 9.59 Å². The first-order chi connectivity index (χ1) is 9.92. The zero-order chi connectivity index (χ0) is 15.8. The number of carbonyl (C=O) groups excluding carboxylic acids is 2. The number of carboxylic acid groups (broad SMARTS) is 1. The average Bonchev–Trinajstić information content (AvgIpc) is 2.40. The molecule has 7 heteroatoms. The Morgan fingerprint density at radius 3 is 2.38 bits per heavy atom. The van der Waals surface area contributed by atoms with Crippen molar-refractivity contribution in [2.24, 2.45) is 5.73 Å². The summed E-state index contributed by atoms with van der Waals surface area (Å²) in [5.74, 6) is -1.88. The van der Waals surface area contributed by atoms with E-state index in [2.05, 4.69) is 5.32 Å². The molecule has 2 amide bonds. The van der Waals surface area contributed by atoms with Crippen molar-refractivity contribution in [2.75, 3.05) is 6.61 Å². The van der Waals surface area contributed by atoms with Gasteiger partial charge in [0, 0.05) is 0 Å². The van der Waals surface area contributed by atoms with Crippen LogP contribution in [0.3, 0.4) is 0 Å². The minimum atomic E-state index is -1.31. The Morgan fingerprint density at radius 2 is 1.90 bits per heavy atom. The summed E-state index contributed by atoms with van der Waals surface area (Å²) in [5, 5.41) is 11.2. The van der Waals surface area contributed by atoms with E-state index in [0.29, 0.717) is 17.9 Å². The van der Waals surface area contributed by atoms with Gasteiger partial charge in [-0.25, -0.2) is 4.79 Å². The largest absolute Gasteiger partial charge is 0.494 e. The maximum atomic E-state index is 11.8.